The van der Waals surface area contributed by atoms with Crippen LogP contribution in [0.15, 0.2) is 24.3 Å². The average Bonchev–Trinajstić information content (AvgIpc) is 2.35. The molecule has 1 aromatic rings. The van der Waals surface area contributed by atoms with Gasteiger partial charge < -0.3 is 10.1 Å². The number of hydrogen-bond donors (Lipinski definition) is 1. The molecule has 1 aromatic carbocycles. The van der Waals surface area contributed by atoms with Crippen LogP contribution in [0.5, 0.6) is 0 Å². The Balaban J connectivity index is 2.28. The molecule has 4 nitrogen and oxygen atoms in total. The fourth-order valence-corrected chi connectivity index (χ4v) is 1.31. The topological polar surface area (TPSA) is 55.4 Å². The smallest absolute Gasteiger partial charge is 0.306 e. The first-order valence-electron chi connectivity index (χ1n) is 5.51. The van der Waals surface area contributed by atoms with Crippen LogP contribution in [0.25, 0.3) is 0 Å². The Labute approximate surface area is 101 Å². The van der Waals surface area contributed by atoms with Gasteiger partial charge >= 0.3 is 5.97 Å². The number of carbonyl (C=O) groups excluding carboxylic acids is 2. The van der Waals surface area contributed by atoms with E-state index in [1.54, 1.807) is 0 Å². The number of carbonyl (C=O) groups is 2. The van der Waals surface area contributed by atoms with Crippen molar-refractivity contribution < 1.29 is 14.3 Å². The van der Waals surface area contributed by atoms with Crippen molar-refractivity contribution in [1.82, 2.24) is 5.32 Å². The Morgan fingerprint density at radius 3 is 2.41 bits per heavy atom. The van der Waals surface area contributed by atoms with Gasteiger partial charge in [0.15, 0.2) is 0 Å². The zero-order valence-electron chi connectivity index (χ0n) is 10.2. The molecule has 0 aliphatic rings. The molecule has 0 aliphatic heterocycles. The molecular formula is C13H17NO3. The second kappa shape index (κ2) is 6.68. The van der Waals surface area contributed by atoms with Gasteiger partial charge in [-0.3, -0.25) is 9.59 Å². The average molecular weight is 235 g/mol. The highest BCUT2D eigenvalue weighted by Gasteiger charge is 2.06. The van der Waals surface area contributed by atoms with Crippen molar-refractivity contribution in [2.75, 3.05) is 7.11 Å². The Bertz CT molecular complexity index is 384. The van der Waals surface area contributed by atoms with Crippen LogP contribution in [0.1, 0.15) is 24.0 Å². The predicted octanol–water partition coefficient (Wildman–Crippen LogP) is 1.56. The number of rotatable bonds is 5. The summed E-state index contributed by atoms with van der Waals surface area (Å²) < 4.78 is 4.46. The normalized spacial score (nSPS) is 9.76. The standard InChI is InChI=1S/C13H17NO3/c1-10-3-5-11(6-4-10)9-14-12(15)7-8-13(16)17-2/h3-6H,7-9H2,1-2H3,(H,14,15). The number of aryl methyl sites for hydroxylation is 1. The molecule has 1 rings (SSSR count). The van der Waals surface area contributed by atoms with E-state index in [1.807, 2.05) is 31.2 Å². The molecule has 0 aliphatic carbocycles. The maximum Gasteiger partial charge on any atom is 0.306 e. The summed E-state index contributed by atoms with van der Waals surface area (Å²) >= 11 is 0. The van der Waals surface area contributed by atoms with E-state index >= 15 is 0 Å². The molecule has 0 saturated heterocycles. The molecule has 0 spiro atoms. The Kier molecular flexibility index (Phi) is 5.20. The fraction of sp³-hybridized carbons (Fsp3) is 0.385. The van der Waals surface area contributed by atoms with Gasteiger partial charge in [0.05, 0.1) is 13.5 Å². The predicted molar refractivity (Wildman–Crippen MR) is 64.3 cm³/mol. The highest BCUT2D eigenvalue weighted by molar-refractivity contribution is 5.81. The third-order valence-electron chi connectivity index (χ3n) is 2.39. The van der Waals surface area contributed by atoms with Gasteiger partial charge in [0.25, 0.3) is 0 Å². The fourth-order valence-electron chi connectivity index (χ4n) is 1.31. The summed E-state index contributed by atoms with van der Waals surface area (Å²) in [5.41, 5.74) is 2.23. The lowest BCUT2D eigenvalue weighted by Gasteiger charge is -2.05. The van der Waals surface area contributed by atoms with Crippen molar-refractivity contribution in [2.24, 2.45) is 0 Å². The van der Waals surface area contributed by atoms with E-state index in [0.717, 1.165) is 5.56 Å². The summed E-state index contributed by atoms with van der Waals surface area (Å²) in [6.07, 6.45) is 0.286. The van der Waals surface area contributed by atoms with Gasteiger partial charge in [0.2, 0.25) is 5.91 Å². The van der Waals surface area contributed by atoms with Gasteiger partial charge in [0.1, 0.15) is 0 Å². The van der Waals surface area contributed by atoms with E-state index in [2.05, 4.69) is 10.1 Å². The van der Waals surface area contributed by atoms with E-state index < -0.39 is 0 Å². The number of nitrogens with one attached hydrogen (secondary N) is 1. The molecule has 0 aromatic heterocycles. The molecule has 0 saturated carbocycles. The van der Waals surface area contributed by atoms with Crippen LogP contribution in [-0.4, -0.2) is 19.0 Å². The number of esters is 1. The molecule has 0 radical (unpaired) electrons. The van der Waals surface area contributed by atoms with Crippen LogP contribution >= 0.6 is 0 Å². The first kappa shape index (κ1) is 13.2. The molecule has 0 heterocycles. The third kappa shape index (κ3) is 5.15. The summed E-state index contributed by atoms with van der Waals surface area (Å²) in [6.45, 7) is 2.50. The number of ether oxygens (including phenoxy) is 1. The largest absolute Gasteiger partial charge is 0.469 e. The molecule has 0 fully saturated rings. The minimum absolute atomic E-state index is 0.121. The minimum Gasteiger partial charge on any atom is -0.469 e. The highest BCUT2D eigenvalue weighted by atomic mass is 16.5. The van der Waals surface area contributed by atoms with Crippen LogP contribution in [0, 0.1) is 6.92 Å². The highest BCUT2D eigenvalue weighted by Crippen LogP contribution is 2.02. The van der Waals surface area contributed by atoms with Crippen molar-refractivity contribution in [3.8, 4) is 0 Å². The van der Waals surface area contributed by atoms with Gasteiger partial charge in [-0.1, -0.05) is 29.8 Å². The third-order valence-corrected chi connectivity index (χ3v) is 2.39. The lowest BCUT2D eigenvalue weighted by molar-refractivity contribution is -0.142. The Morgan fingerprint density at radius 1 is 1.18 bits per heavy atom. The molecule has 4 heteroatoms. The maximum absolute atomic E-state index is 11.4. The van der Waals surface area contributed by atoms with E-state index in [1.165, 1.54) is 12.7 Å². The van der Waals surface area contributed by atoms with E-state index in [9.17, 15) is 9.59 Å². The van der Waals surface area contributed by atoms with Gasteiger partial charge in [-0.25, -0.2) is 0 Å². The molecule has 17 heavy (non-hydrogen) atoms. The van der Waals surface area contributed by atoms with Crippen LogP contribution in [0.2, 0.25) is 0 Å². The zero-order valence-corrected chi connectivity index (χ0v) is 10.2. The lowest BCUT2D eigenvalue weighted by Crippen LogP contribution is -2.23. The number of benzene rings is 1. The quantitative estimate of drug-likeness (QED) is 0.788. The van der Waals surface area contributed by atoms with Gasteiger partial charge in [-0.05, 0) is 12.5 Å². The first-order chi connectivity index (χ1) is 8.11. The summed E-state index contributed by atoms with van der Waals surface area (Å²) in [4.78, 5) is 22.2. The first-order valence-corrected chi connectivity index (χ1v) is 5.51. The summed E-state index contributed by atoms with van der Waals surface area (Å²) in [6, 6.07) is 7.93. The summed E-state index contributed by atoms with van der Waals surface area (Å²) in [7, 11) is 1.31. The molecule has 1 N–H and O–H groups in total. The van der Waals surface area contributed by atoms with E-state index in [0.29, 0.717) is 6.54 Å². The molecular weight excluding hydrogens is 218 g/mol. The lowest BCUT2D eigenvalue weighted by atomic mass is 10.1. The van der Waals surface area contributed by atoms with Crippen LogP contribution in [-0.2, 0) is 20.9 Å². The summed E-state index contributed by atoms with van der Waals surface area (Å²) in [5.74, 6) is -0.508. The SMILES string of the molecule is COC(=O)CCC(=O)NCc1ccc(C)cc1. The second-order valence-electron chi connectivity index (χ2n) is 3.84. The maximum atomic E-state index is 11.4. The Hall–Kier alpha value is -1.84. The summed E-state index contributed by atoms with van der Waals surface area (Å²) in [5, 5.41) is 2.75. The molecule has 0 bridgehead atoms. The van der Waals surface area contributed by atoms with Crippen LogP contribution in [0.3, 0.4) is 0 Å². The van der Waals surface area contributed by atoms with E-state index in [4.69, 9.17) is 0 Å². The van der Waals surface area contributed by atoms with Crippen LogP contribution in [0.4, 0.5) is 0 Å². The Morgan fingerprint density at radius 2 is 1.82 bits per heavy atom. The second-order valence-corrected chi connectivity index (χ2v) is 3.84. The van der Waals surface area contributed by atoms with Crippen molar-refractivity contribution in [1.29, 1.82) is 0 Å². The van der Waals surface area contributed by atoms with Gasteiger partial charge in [0, 0.05) is 13.0 Å². The van der Waals surface area contributed by atoms with Crippen LogP contribution < -0.4 is 5.32 Å². The number of hydrogen-bond acceptors (Lipinski definition) is 3. The van der Waals surface area contributed by atoms with E-state index in [-0.39, 0.29) is 24.7 Å². The van der Waals surface area contributed by atoms with Crippen molar-refractivity contribution in [3.05, 3.63) is 35.4 Å². The van der Waals surface area contributed by atoms with Crippen molar-refractivity contribution in [2.45, 2.75) is 26.3 Å². The molecule has 1 amide bonds. The minimum atomic E-state index is -0.365. The van der Waals surface area contributed by atoms with Gasteiger partial charge in [-0.2, -0.15) is 0 Å². The number of methoxy groups -OCH3 is 1. The zero-order chi connectivity index (χ0) is 12.7. The molecule has 0 atom stereocenters. The van der Waals surface area contributed by atoms with Crippen molar-refractivity contribution >= 4 is 11.9 Å². The monoisotopic (exact) mass is 235 g/mol. The molecule has 0 unspecified atom stereocenters. The number of amides is 1. The van der Waals surface area contributed by atoms with Gasteiger partial charge in [-0.15, -0.1) is 0 Å². The van der Waals surface area contributed by atoms with Crippen molar-refractivity contribution in [3.63, 3.8) is 0 Å². The molecule has 92 valence electrons.